The first-order valence-electron chi connectivity index (χ1n) is 16.4. The monoisotopic (exact) mass is 795 g/mol. The largest absolute Gasteiger partial charge is 0.439 e. The van der Waals surface area contributed by atoms with E-state index in [0.29, 0.717) is 31.7 Å². The highest BCUT2D eigenvalue weighted by Gasteiger charge is 2.49. The van der Waals surface area contributed by atoms with E-state index in [1.165, 1.54) is 38.1 Å². The van der Waals surface area contributed by atoms with E-state index >= 15 is 0 Å². The van der Waals surface area contributed by atoms with Gasteiger partial charge in [-0.15, -0.1) is 0 Å². The second-order valence-electron chi connectivity index (χ2n) is 13.8. The summed E-state index contributed by atoms with van der Waals surface area (Å²) in [4.78, 5) is 16.9. The first kappa shape index (κ1) is 38.5. The van der Waals surface area contributed by atoms with Crippen molar-refractivity contribution in [3.05, 3.63) is 76.1 Å². The molecule has 282 valence electrons. The highest BCUT2D eigenvalue weighted by molar-refractivity contribution is 7.93. The zero-order valence-electron chi connectivity index (χ0n) is 28.6. The minimum atomic E-state index is -3.62. The molecule has 2 fully saturated rings. The summed E-state index contributed by atoms with van der Waals surface area (Å²) in [5.41, 5.74) is 4.94. The molecule has 2 aliphatic carbocycles. The van der Waals surface area contributed by atoms with Crippen molar-refractivity contribution in [3.8, 4) is 23.0 Å². The van der Waals surface area contributed by atoms with Crippen LogP contribution < -0.4 is 10.0 Å². The molecular formula is C35H34ClF4N5O6S2. The van der Waals surface area contributed by atoms with Crippen LogP contribution in [0.1, 0.15) is 69.5 Å². The molecule has 6 rings (SSSR count). The van der Waals surface area contributed by atoms with Gasteiger partial charge in [0.25, 0.3) is 17.7 Å². The van der Waals surface area contributed by atoms with Crippen LogP contribution in [0.5, 0.6) is 0 Å². The number of anilines is 1. The smallest absolute Gasteiger partial charge is 0.405 e. The number of ether oxygens (including phenoxy) is 1. The Morgan fingerprint density at radius 1 is 1.17 bits per heavy atom. The topological polar surface area (TPSA) is 158 Å². The average Bonchev–Trinajstić information content (AvgIpc) is 3.99. The van der Waals surface area contributed by atoms with Crippen LogP contribution in [-0.4, -0.2) is 60.0 Å². The van der Waals surface area contributed by atoms with E-state index in [0.717, 1.165) is 21.1 Å². The van der Waals surface area contributed by atoms with Crippen molar-refractivity contribution in [3.63, 3.8) is 0 Å². The first-order chi connectivity index (χ1) is 24.8. The van der Waals surface area contributed by atoms with E-state index < -0.39 is 73.4 Å². The molecule has 1 amide bonds. The third-order valence-electron chi connectivity index (χ3n) is 9.24. The lowest BCUT2D eigenvalue weighted by Gasteiger charge is -2.25. The van der Waals surface area contributed by atoms with Gasteiger partial charge in [0.1, 0.15) is 28.6 Å². The molecule has 53 heavy (non-hydrogen) atoms. The SMILES string of the molecule is CC1(N(c2nn(CC(F)F)c3c(-c4ccc(C#CC(C)(C)S(=O)(=O)C5CC5)nc4[C@H](Cc4cc(F)cc(F)c4)OC(N)=O)ccc(Cl)c23)S(=O)O)CC1. The van der Waals surface area contributed by atoms with Gasteiger partial charge in [0.15, 0.2) is 21.8 Å². The number of nitrogens with zero attached hydrogens (tertiary/aromatic N) is 4. The Balaban J connectivity index is 1.61. The number of alkyl halides is 2. The molecule has 2 aromatic heterocycles. The normalized spacial score (nSPS) is 16.6. The lowest BCUT2D eigenvalue weighted by molar-refractivity contribution is 0.104. The standard InChI is InChI=1S/C35H34ClF4N5O6S2/c1-34(2,53(49,50)23-5-6-23)11-10-22-4-7-24(30(42-22)27(51-33(41)46)16-19-14-20(37)17-21(38)15-19)25-8-9-26(36)29-31(25)44(18-28(39)40)43-32(29)45(52(47)48)35(3)12-13-35/h4,7-9,14-15,17,23,27-28H,5-6,12-13,16,18H2,1-3H3,(H2,41,46)(H,47,48)/t27-/m0/s1. The van der Waals surface area contributed by atoms with Gasteiger partial charge in [-0.25, -0.2) is 44.3 Å². The minimum Gasteiger partial charge on any atom is -0.439 e. The molecule has 0 saturated heterocycles. The van der Waals surface area contributed by atoms with E-state index in [4.69, 9.17) is 22.1 Å². The maximum atomic E-state index is 14.3. The first-order valence-corrected chi connectivity index (χ1v) is 19.4. The Hall–Kier alpha value is -4.24. The molecule has 2 aliphatic rings. The van der Waals surface area contributed by atoms with Crippen molar-refractivity contribution >= 4 is 55.5 Å². The Kier molecular flexibility index (Phi) is 10.3. The summed E-state index contributed by atoms with van der Waals surface area (Å²) in [6.45, 7) is 3.71. The van der Waals surface area contributed by atoms with E-state index in [9.17, 15) is 39.5 Å². The number of halogens is 5. The van der Waals surface area contributed by atoms with Crippen molar-refractivity contribution in [2.75, 3.05) is 4.31 Å². The van der Waals surface area contributed by atoms with Gasteiger partial charge in [0.2, 0.25) is 0 Å². The van der Waals surface area contributed by atoms with Crippen LogP contribution in [0.4, 0.5) is 28.2 Å². The minimum absolute atomic E-state index is 0.0145. The summed E-state index contributed by atoms with van der Waals surface area (Å²) in [5.74, 6) is 3.61. The van der Waals surface area contributed by atoms with Crippen LogP contribution in [0.25, 0.3) is 22.0 Å². The van der Waals surface area contributed by atoms with Gasteiger partial charge in [0.05, 0.1) is 32.4 Å². The molecular weight excluding hydrogens is 762 g/mol. The number of aromatic nitrogens is 3. The van der Waals surface area contributed by atoms with Crippen molar-refractivity contribution in [1.82, 2.24) is 14.8 Å². The fourth-order valence-electron chi connectivity index (χ4n) is 6.16. The van der Waals surface area contributed by atoms with Crippen LogP contribution in [0.3, 0.4) is 0 Å². The number of sulfone groups is 1. The van der Waals surface area contributed by atoms with Crippen LogP contribution in [0.2, 0.25) is 5.02 Å². The number of fused-ring (bicyclic) bond motifs is 1. The van der Waals surface area contributed by atoms with E-state index in [-0.39, 0.29) is 56.2 Å². The second kappa shape index (κ2) is 14.2. The maximum absolute atomic E-state index is 14.3. The number of hydrogen-bond donors (Lipinski definition) is 2. The summed E-state index contributed by atoms with van der Waals surface area (Å²) in [6.07, 6.45) is -3.95. The van der Waals surface area contributed by atoms with Crippen molar-refractivity contribution in [2.45, 2.75) is 87.5 Å². The van der Waals surface area contributed by atoms with Gasteiger partial charge in [-0.05, 0) is 88.3 Å². The number of rotatable bonds is 12. The van der Waals surface area contributed by atoms with Crippen LogP contribution in [0, 0.1) is 23.5 Å². The molecule has 0 bridgehead atoms. The highest BCUT2D eigenvalue weighted by atomic mass is 35.5. The fourth-order valence-corrected chi connectivity index (χ4v) is 9.02. The number of carbonyl (C=O) groups is 1. The highest BCUT2D eigenvalue weighted by Crippen LogP contribution is 2.48. The number of benzene rings is 2. The summed E-state index contributed by atoms with van der Waals surface area (Å²) in [6, 6.07) is 8.50. The number of hydrogen-bond acceptors (Lipinski definition) is 7. The number of amides is 1. The van der Waals surface area contributed by atoms with Gasteiger partial charge >= 0.3 is 6.09 Å². The van der Waals surface area contributed by atoms with Crippen LogP contribution in [-0.2, 0) is 38.8 Å². The molecule has 0 aliphatic heterocycles. The van der Waals surface area contributed by atoms with E-state index in [2.05, 4.69) is 21.9 Å². The molecule has 3 N–H and O–H groups in total. The van der Waals surface area contributed by atoms with Gasteiger partial charge in [-0.3, -0.25) is 9.23 Å². The molecule has 0 spiro atoms. The zero-order valence-corrected chi connectivity index (χ0v) is 31.0. The number of nitrogens with two attached hydrogens (primary N) is 1. The number of pyridine rings is 1. The summed E-state index contributed by atoms with van der Waals surface area (Å²) < 4.78 is 112. The van der Waals surface area contributed by atoms with Crippen molar-refractivity contribution in [2.24, 2.45) is 5.73 Å². The Morgan fingerprint density at radius 2 is 1.81 bits per heavy atom. The zero-order chi connectivity index (χ0) is 38.6. The average molecular weight is 796 g/mol. The molecule has 18 heteroatoms. The van der Waals surface area contributed by atoms with Gasteiger partial charge in [0, 0.05) is 23.6 Å². The molecule has 2 atom stereocenters. The van der Waals surface area contributed by atoms with Gasteiger partial charge < -0.3 is 10.5 Å². The molecule has 2 heterocycles. The molecule has 0 radical (unpaired) electrons. The summed E-state index contributed by atoms with van der Waals surface area (Å²) in [7, 11) is -3.62. The van der Waals surface area contributed by atoms with E-state index in [1.54, 1.807) is 6.92 Å². The van der Waals surface area contributed by atoms with Crippen molar-refractivity contribution < 1.29 is 44.3 Å². The Labute approximate surface area is 310 Å². The molecule has 11 nitrogen and oxygen atoms in total. The fraction of sp³-hybridized carbons (Fsp3) is 0.400. The quantitative estimate of drug-likeness (QED) is 0.0893. The Morgan fingerprint density at radius 3 is 2.38 bits per heavy atom. The second-order valence-corrected chi connectivity index (χ2v) is 17.8. The van der Waals surface area contributed by atoms with Crippen molar-refractivity contribution in [1.29, 1.82) is 0 Å². The number of primary amides is 1. The lowest BCUT2D eigenvalue weighted by Crippen LogP contribution is -2.37. The van der Waals surface area contributed by atoms with E-state index in [1.807, 2.05) is 0 Å². The number of carbonyl (C=O) groups excluding carboxylic acids is 1. The maximum Gasteiger partial charge on any atom is 0.405 e. The predicted octanol–water partition coefficient (Wildman–Crippen LogP) is 6.88. The van der Waals surface area contributed by atoms with Gasteiger partial charge in [-0.2, -0.15) is 5.10 Å². The third-order valence-corrected chi connectivity index (χ3v) is 13.4. The summed E-state index contributed by atoms with van der Waals surface area (Å²) >= 11 is 4.05. The lowest BCUT2D eigenvalue weighted by atomic mass is 9.95. The Bertz CT molecular complexity index is 2300. The van der Waals surface area contributed by atoms with Crippen LogP contribution in [0.15, 0.2) is 42.5 Å². The molecule has 4 aromatic rings. The van der Waals surface area contributed by atoms with Gasteiger partial charge in [-0.1, -0.05) is 23.6 Å². The summed E-state index contributed by atoms with van der Waals surface area (Å²) in [5, 5.41) is 3.96. The third kappa shape index (κ3) is 7.87. The predicted molar refractivity (Wildman–Crippen MR) is 191 cm³/mol. The molecule has 1 unspecified atom stereocenters. The molecule has 2 aromatic carbocycles. The molecule has 2 saturated carbocycles. The van der Waals surface area contributed by atoms with Crippen LogP contribution >= 0.6 is 11.6 Å².